The van der Waals surface area contributed by atoms with Crippen LogP contribution in [-0.2, 0) is 18.4 Å². The largest absolute Gasteiger partial charge is 0.243 e. The Labute approximate surface area is 209 Å². The van der Waals surface area contributed by atoms with E-state index < -0.39 is 0 Å². The number of nitrogens with zero attached hydrogens (tertiary/aromatic N) is 2. The Balaban J connectivity index is 1.53. The minimum absolute atomic E-state index is 0.0105. The van der Waals surface area contributed by atoms with Crippen LogP contribution in [0.5, 0.6) is 0 Å². The first kappa shape index (κ1) is 26.3. The number of rotatable bonds is 16. The average molecular weight is 460 g/mol. The van der Waals surface area contributed by atoms with E-state index in [0.717, 1.165) is 13.0 Å². The van der Waals surface area contributed by atoms with Crippen LogP contribution in [0, 0.1) is 0 Å². The van der Waals surface area contributed by atoms with Crippen molar-refractivity contribution in [3.8, 4) is 0 Å². The number of aromatic nitrogens is 2. The molecule has 2 heteroatoms. The van der Waals surface area contributed by atoms with Crippen LogP contribution in [0.25, 0.3) is 0 Å². The molecule has 0 spiro atoms. The fourth-order valence-corrected chi connectivity index (χ4v) is 5.21. The predicted octanol–water partition coefficient (Wildman–Crippen LogP) is 8.46. The fraction of sp³-hybridized carbons (Fsp3) is 0.531. The van der Waals surface area contributed by atoms with E-state index in [1.54, 1.807) is 0 Å². The minimum atomic E-state index is 0.0105. The van der Waals surface area contributed by atoms with Gasteiger partial charge >= 0.3 is 0 Å². The highest BCUT2D eigenvalue weighted by Crippen LogP contribution is 2.38. The molecular weight excluding hydrogens is 412 g/mol. The number of imidazole rings is 1. The Hall–Kier alpha value is -2.35. The zero-order valence-electron chi connectivity index (χ0n) is 22.0. The topological polar surface area (TPSA) is 8.81 Å². The van der Waals surface area contributed by atoms with Gasteiger partial charge in [0.2, 0.25) is 6.33 Å². The smallest absolute Gasteiger partial charge is 0.237 e. The van der Waals surface area contributed by atoms with Gasteiger partial charge in [-0.3, -0.25) is 0 Å². The van der Waals surface area contributed by atoms with Crippen molar-refractivity contribution in [1.82, 2.24) is 4.57 Å². The molecule has 2 atom stereocenters. The second-order valence-electron chi connectivity index (χ2n) is 10.4. The maximum absolute atomic E-state index is 2.42. The molecule has 184 valence electrons. The Bertz CT molecular complexity index is 914. The van der Waals surface area contributed by atoms with E-state index in [2.05, 4.69) is 109 Å². The van der Waals surface area contributed by atoms with Crippen molar-refractivity contribution in [3.05, 3.63) is 90.5 Å². The first-order chi connectivity index (χ1) is 16.6. The molecule has 3 aromatic rings. The molecule has 0 aliphatic carbocycles. The van der Waals surface area contributed by atoms with E-state index in [-0.39, 0.29) is 5.41 Å². The zero-order chi connectivity index (χ0) is 24.1. The summed E-state index contributed by atoms with van der Waals surface area (Å²) in [5.74, 6) is 0. The summed E-state index contributed by atoms with van der Waals surface area (Å²) in [6.45, 7) is 8.21. The maximum atomic E-state index is 2.42. The molecule has 34 heavy (non-hydrogen) atoms. The van der Waals surface area contributed by atoms with Gasteiger partial charge in [-0.05, 0) is 37.3 Å². The normalized spacial score (nSPS) is 14.1. The number of hydrogen-bond donors (Lipinski definition) is 0. The lowest BCUT2D eigenvalue weighted by Gasteiger charge is -2.34. The highest BCUT2D eigenvalue weighted by molar-refractivity contribution is 5.30. The van der Waals surface area contributed by atoms with E-state index in [4.69, 9.17) is 0 Å². The molecule has 0 aliphatic rings. The van der Waals surface area contributed by atoms with Gasteiger partial charge in [-0.2, -0.15) is 0 Å². The molecule has 2 nitrogen and oxygen atoms in total. The SMILES string of the molecule is CCCCCCCCCCCC[n+]1ccn(C(C)C(C)(Cc2ccccc2)c2ccccc2)c1. The van der Waals surface area contributed by atoms with Gasteiger partial charge in [-0.1, -0.05) is 126 Å². The van der Waals surface area contributed by atoms with Crippen molar-refractivity contribution in [2.75, 3.05) is 0 Å². The Morgan fingerprint density at radius 3 is 1.94 bits per heavy atom. The van der Waals surface area contributed by atoms with Gasteiger partial charge in [0.15, 0.2) is 0 Å². The molecule has 2 aromatic carbocycles. The summed E-state index contributed by atoms with van der Waals surface area (Å²) >= 11 is 0. The van der Waals surface area contributed by atoms with Crippen LogP contribution in [0.1, 0.15) is 102 Å². The lowest BCUT2D eigenvalue weighted by molar-refractivity contribution is -0.697. The second kappa shape index (κ2) is 14.1. The molecule has 0 amide bonds. The van der Waals surface area contributed by atoms with Gasteiger partial charge in [0.05, 0.1) is 6.54 Å². The summed E-state index contributed by atoms with van der Waals surface area (Å²) in [7, 11) is 0. The van der Waals surface area contributed by atoms with Gasteiger partial charge in [-0.25, -0.2) is 9.13 Å². The summed E-state index contributed by atoms with van der Waals surface area (Å²) in [5.41, 5.74) is 2.81. The van der Waals surface area contributed by atoms with Gasteiger partial charge in [0.25, 0.3) is 0 Å². The van der Waals surface area contributed by atoms with Crippen molar-refractivity contribution in [2.45, 2.75) is 109 Å². The number of aryl methyl sites for hydroxylation is 1. The van der Waals surface area contributed by atoms with Crippen molar-refractivity contribution in [1.29, 1.82) is 0 Å². The van der Waals surface area contributed by atoms with E-state index in [0.29, 0.717) is 6.04 Å². The quantitative estimate of drug-likeness (QED) is 0.150. The van der Waals surface area contributed by atoms with Gasteiger partial charge < -0.3 is 0 Å². The van der Waals surface area contributed by atoms with Crippen molar-refractivity contribution in [3.63, 3.8) is 0 Å². The van der Waals surface area contributed by atoms with Crippen LogP contribution >= 0.6 is 0 Å². The predicted molar refractivity (Wildman–Crippen MR) is 145 cm³/mol. The van der Waals surface area contributed by atoms with Crippen LogP contribution in [0.15, 0.2) is 79.4 Å². The third kappa shape index (κ3) is 7.86. The minimum Gasteiger partial charge on any atom is -0.237 e. The molecule has 0 saturated heterocycles. The highest BCUT2D eigenvalue weighted by Gasteiger charge is 2.37. The van der Waals surface area contributed by atoms with Crippen molar-refractivity contribution < 1.29 is 4.57 Å². The van der Waals surface area contributed by atoms with E-state index in [1.807, 2.05) is 0 Å². The van der Waals surface area contributed by atoms with Gasteiger partial charge in [0.1, 0.15) is 18.4 Å². The number of benzene rings is 2. The van der Waals surface area contributed by atoms with Crippen LogP contribution < -0.4 is 4.57 Å². The number of unbranched alkanes of at least 4 members (excludes halogenated alkanes) is 9. The molecule has 2 unspecified atom stereocenters. The summed E-state index contributed by atoms with van der Waals surface area (Å²) in [5, 5.41) is 0. The molecule has 1 aromatic heterocycles. The Kier molecular flexibility index (Phi) is 10.9. The van der Waals surface area contributed by atoms with Crippen LogP contribution in [0.3, 0.4) is 0 Å². The molecule has 0 radical (unpaired) electrons. The van der Waals surface area contributed by atoms with Crippen LogP contribution in [-0.4, -0.2) is 4.57 Å². The lowest BCUT2D eigenvalue weighted by Crippen LogP contribution is -2.36. The third-order valence-electron chi connectivity index (χ3n) is 7.70. The molecule has 3 rings (SSSR count). The first-order valence-corrected chi connectivity index (χ1v) is 13.8. The van der Waals surface area contributed by atoms with Gasteiger partial charge in [-0.15, -0.1) is 0 Å². The van der Waals surface area contributed by atoms with E-state index in [9.17, 15) is 0 Å². The monoisotopic (exact) mass is 459 g/mol. The van der Waals surface area contributed by atoms with Crippen molar-refractivity contribution >= 4 is 0 Å². The summed E-state index contributed by atoms with van der Waals surface area (Å²) in [6, 6.07) is 22.3. The van der Waals surface area contributed by atoms with E-state index in [1.165, 1.54) is 75.3 Å². The molecule has 0 fully saturated rings. The molecular formula is C32H47N2+. The van der Waals surface area contributed by atoms with E-state index >= 15 is 0 Å². The fourth-order valence-electron chi connectivity index (χ4n) is 5.21. The third-order valence-corrected chi connectivity index (χ3v) is 7.70. The standard InChI is InChI=1S/C32H47N2/c1-4-5-6-7-8-9-10-11-12-19-24-33-25-26-34(28-33)29(2)32(3,31-22-17-14-18-23-31)27-30-20-15-13-16-21-30/h13-18,20-23,25-26,28-29H,4-12,19,24,27H2,1-3H3/q+1. The van der Waals surface area contributed by atoms with Crippen LogP contribution in [0.2, 0.25) is 0 Å². The molecule has 1 heterocycles. The highest BCUT2D eigenvalue weighted by atomic mass is 15.1. The van der Waals surface area contributed by atoms with Crippen molar-refractivity contribution in [2.24, 2.45) is 0 Å². The molecule has 0 aliphatic heterocycles. The number of hydrogen-bond acceptors (Lipinski definition) is 0. The zero-order valence-corrected chi connectivity index (χ0v) is 22.0. The van der Waals surface area contributed by atoms with Gasteiger partial charge in [0, 0.05) is 5.41 Å². The lowest BCUT2D eigenvalue weighted by atomic mass is 9.72. The second-order valence-corrected chi connectivity index (χ2v) is 10.4. The summed E-state index contributed by atoms with van der Waals surface area (Å²) in [6.07, 6.45) is 21.8. The van der Waals surface area contributed by atoms with Crippen LogP contribution in [0.4, 0.5) is 0 Å². The molecule has 0 saturated carbocycles. The molecule has 0 bridgehead atoms. The summed E-state index contributed by atoms with van der Waals surface area (Å²) in [4.78, 5) is 0. The summed E-state index contributed by atoms with van der Waals surface area (Å²) < 4.78 is 4.81. The molecule has 0 N–H and O–H groups in total. The Morgan fingerprint density at radius 2 is 1.32 bits per heavy atom. The Morgan fingerprint density at radius 1 is 0.765 bits per heavy atom. The maximum Gasteiger partial charge on any atom is 0.243 e. The average Bonchev–Trinajstić information content (AvgIpc) is 3.34. The first-order valence-electron chi connectivity index (χ1n) is 13.8.